The van der Waals surface area contributed by atoms with Gasteiger partial charge >= 0.3 is 6.03 Å². The fraction of sp³-hybridized carbons (Fsp3) is 0.500. The highest BCUT2D eigenvalue weighted by molar-refractivity contribution is 5.89. The van der Waals surface area contributed by atoms with Crippen LogP contribution in [0.3, 0.4) is 0 Å². The number of hydrogen-bond acceptors (Lipinski definition) is 5. The number of carbonyl (C=O) groups excluding carboxylic acids is 1. The summed E-state index contributed by atoms with van der Waals surface area (Å²) in [5.41, 5.74) is 3.16. The van der Waals surface area contributed by atoms with Crippen LogP contribution in [0.5, 0.6) is 0 Å². The standard InChI is InChI=1S/C22H30N6O/c1-17-14-18(2)16-19(15-17)23-22(29)28-12-10-27(11-13-28)21-7-6-20(24-25-21)26-8-4-3-5-9-26/h6-7,14-16H,3-5,8-13H2,1-2H3,(H,23,29). The number of rotatable bonds is 3. The first kappa shape index (κ1) is 19.5. The van der Waals surface area contributed by atoms with Gasteiger partial charge in [0.25, 0.3) is 0 Å². The molecule has 154 valence electrons. The Bertz CT molecular complexity index is 819. The van der Waals surface area contributed by atoms with Gasteiger partial charge in [-0.05, 0) is 68.5 Å². The van der Waals surface area contributed by atoms with E-state index >= 15 is 0 Å². The molecule has 3 heterocycles. The molecule has 4 rings (SSSR count). The second-order valence-corrected chi connectivity index (χ2v) is 8.08. The number of benzene rings is 1. The number of aryl methyl sites for hydroxylation is 2. The van der Waals surface area contributed by atoms with E-state index in [1.54, 1.807) is 0 Å². The zero-order chi connectivity index (χ0) is 20.2. The predicted molar refractivity (Wildman–Crippen MR) is 117 cm³/mol. The highest BCUT2D eigenvalue weighted by atomic mass is 16.2. The fourth-order valence-corrected chi connectivity index (χ4v) is 4.17. The van der Waals surface area contributed by atoms with E-state index in [2.05, 4.69) is 43.5 Å². The van der Waals surface area contributed by atoms with E-state index in [1.807, 2.05) is 30.9 Å². The summed E-state index contributed by atoms with van der Waals surface area (Å²) >= 11 is 0. The third kappa shape index (κ3) is 4.78. The topological polar surface area (TPSA) is 64.6 Å². The fourth-order valence-electron chi connectivity index (χ4n) is 4.17. The van der Waals surface area contributed by atoms with Crippen molar-refractivity contribution >= 4 is 23.4 Å². The van der Waals surface area contributed by atoms with Crippen molar-refractivity contribution in [3.05, 3.63) is 41.5 Å². The molecule has 2 aromatic rings. The maximum absolute atomic E-state index is 12.6. The van der Waals surface area contributed by atoms with E-state index in [9.17, 15) is 4.79 Å². The molecular weight excluding hydrogens is 364 g/mol. The summed E-state index contributed by atoms with van der Waals surface area (Å²) in [6.07, 6.45) is 3.77. The number of piperidine rings is 1. The largest absolute Gasteiger partial charge is 0.355 e. The van der Waals surface area contributed by atoms with Gasteiger partial charge in [-0.2, -0.15) is 0 Å². The minimum Gasteiger partial charge on any atom is -0.355 e. The number of carbonyl (C=O) groups is 1. The molecule has 1 aromatic carbocycles. The third-order valence-corrected chi connectivity index (χ3v) is 5.68. The Kier molecular flexibility index (Phi) is 5.83. The van der Waals surface area contributed by atoms with E-state index in [-0.39, 0.29) is 6.03 Å². The summed E-state index contributed by atoms with van der Waals surface area (Å²) in [7, 11) is 0. The van der Waals surface area contributed by atoms with Gasteiger partial charge in [0.05, 0.1) is 0 Å². The second-order valence-electron chi connectivity index (χ2n) is 8.08. The molecule has 0 radical (unpaired) electrons. The first-order chi connectivity index (χ1) is 14.1. The van der Waals surface area contributed by atoms with E-state index in [0.717, 1.165) is 54.6 Å². The van der Waals surface area contributed by atoms with Crippen LogP contribution < -0.4 is 15.1 Å². The number of nitrogens with one attached hydrogen (secondary N) is 1. The number of aromatic nitrogens is 2. The molecular formula is C22H30N6O. The Morgan fingerprint density at radius 2 is 1.34 bits per heavy atom. The number of amides is 2. The van der Waals surface area contributed by atoms with Crippen LogP contribution in [0, 0.1) is 13.8 Å². The molecule has 0 bridgehead atoms. The highest BCUT2D eigenvalue weighted by Gasteiger charge is 2.22. The first-order valence-electron chi connectivity index (χ1n) is 10.6. The van der Waals surface area contributed by atoms with Gasteiger partial charge in [-0.1, -0.05) is 6.07 Å². The van der Waals surface area contributed by atoms with Crippen LogP contribution >= 0.6 is 0 Å². The summed E-state index contributed by atoms with van der Waals surface area (Å²) < 4.78 is 0. The SMILES string of the molecule is Cc1cc(C)cc(NC(=O)N2CCN(c3ccc(N4CCCCC4)nn3)CC2)c1. The lowest BCUT2D eigenvalue weighted by molar-refractivity contribution is 0.208. The molecule has 2 aliphatic rings. The van der Waals surface area contributed by atoms with Crippen molar-refractivity contribution in [2.45, 2.75) is 33.1 Å². The second kappa shape index (κ2) is 8.68. The number of urea groups is 1. The molecule has 7 heteroatoms. The molecule has 1 aromatic heterocycles. The third-order valence-electron chi connectivity index (χ3n) is 5.68. The van der Waals surface area contributed by atoms with Crippen molar-refractivity contribution < 1.29 is 4.79 Å². The summed E-state index contributed by atoms with van der Waals surface area (Å²) in [4.78, 5) is 19.0. The van der Waals surface area contributed by atoms with Crippen molar-refractivity contribution in [1.82, 2.24) is 15.1 Å². The number of anilines is 3. The number of hydrogen-bond donors (Lipinski definition) is 1. The Morgan fingerprint density at radius 1 is 0.793 bits per heavy atom. The van der Waals surface area contributed by atoms with Gasteiger partial charge in [0.1, 0.15) is 0 Å². The molecule has 2 amide bonds. The van der Waals surface area contributed by atoms with Crippen LogP contribution in [-0.2, 0) is 0 Å². The van der Waals surface area contributed by atoms with Gasteiger partial charge < -0.3 is 20.0 Å². The molecule has 0 aliphatic carbocycles. The van der Waals surface area contributed by atoms with Crippen molar-refractivity contribution in [2.24, 2.45) is 0 Å². The van der Waals surface area contributed by atoms with Crippen molar-refractivity contribution in [3.8, 4) is 0 Å². The molecule has 2 saturated heterocycles. The smallest absolute Gasteiger partial charge is 0.321 e. The van der Waals surface area contributed by atoms with Gasteiger partial charge in [0, 0.05) is 45.0 Å². The summed E-state index contributed by atoms with van der Waals surface area (Å²) in [5.74, 6) is 1.86. The van der Waals surface area contributed by atoms with Crippen molar-refractivity contribution in [1.29, 1.82) is 0 Å². The summed E-state index contributed by atoms with van der Waals surface area (Å²) in [5, 5.41) is 11.9. The van der Waals surface area contributed by atoms with Crippen LogP contribution in [-0.4, -0.2) is 60.4 Å². The Morgan fingerprint density at radius 3 is 1.90 bits per heavy atom. The molecule has 0 unspecified atom stereocenters. The Hall–Kier alpha value is -2.83. The molecule has 29 heavy (non-hydrogen) atoms. The van der Waals surface area contributed by atoms with Gasteiger partial charge in [0.2, 0.25) is 0 Å². The summed E-state index contributed by atoms with van der Waals surface area (Å²) in [6.45, 7) is 9.09. The molecule has 0 saturated carbocycles. The average molecular weight is 395 g/mol. The monoisotopic (exact) mass is 394 g/mol. The Labute approximate surface area is 172 Å². The van der Waals surface area contributed by atoms with Crippen LogP contribution in [0.4, 0.5) is 22.1 Å². The van der Waals surface area contributed by atoms with E-state index in [0.29, 0.717) is 13.1 Å². The lowest BCUT2D eigenvalue weighted by Crippen LogP contribution is -2.50. The van der Waals surface area contributed by atoms with Crippen LogP contribution in [0.1, 0.15) is 30.4 Å². The summed E-state index contributed by atoms with van der Waals surface area (Å²) in [6, 6.07) is 10.2. The van der Waals surface area contributed by atoms with Crippen molar-refractivity contribution in [2.75, 3.05) is 54.4 Å². The molecule has 0 spiro atoms. The molecule has 0 atom stereocenters. The number of piperazine rings is 1. The quantitative estimate of drug-likeness (QED) is 0.864. The maximum atomic E-state index is 12.6. The normalized spacial score (nSPS) is 17.4. The molecule has 2 fully saturated rings. The Balaban J connectivity index is 1.31. The molecule has 1 N–H and O–H groups in total. The number of nitrogens with zero attached hydrogens (tertiary/aromatic N) is 5. The highest BCUT2D eigenvalue weighted by Crippen LogP contribution is 2.20. The van der Waals surface area contributed by atoms with Gasteiger partial charge in [-0.3, -0.25) is 0 Å². The minimum atomic E-state index is -0.0406. The zero-order valence-corrected chi connectivity index (χ0v) is 17.4. The van der Waals surface area contributed by atoms with Crippen LogP contribution in [0.2, 0.25) is 0 Å². The first-order valence-corrected chi connectivity index (χ1v) is 10.6. The van der Waals surface area contributed by atoms with Gasteiger partial charge in [0.15, 0.2) is 11.6 Å². The maximum Gasteiger partial charge on any atom is 0.321 e. The predicted octanol–water partition coefficient (Wildman–Crippen LogP) is 3.44. The van der Waals surface area contributed by atoms with E-state index < -0.39 is 0 Å². The lowest BCUT2D eigenvalue weighted by Gasteiger charge is -2.35. The lowest BCUT2D eigenvalue weighted by atomic mass is 10.1. The van der Waals surface area contributed by atoms with E-state index in [1.165, 1.54) is 19.3 Å². The zero-order valence-electron chi connectivity index (χ0n) is 17.4. The molecule has 2 aliphatic heterocycles. The van der Waals surface area contributed by atoms with Gasteiger partial charge in [-0.25, -0.2) is 4.79 Å². The average Bonchev–Trinajstić information content (AvgIpc) is 2.74. The van der Waals surface area contributed by atoms with Gasteiger partial charge in [-0.15, -0.1) is 10.2 Å². The van der Waals surface area contributed by atoms with Crippen LogP contribution in [0.15, 0.2) is 30.3 Å². The van der Waals surface area contributed by atoms with Crippen molar-refractivity contribution in [3.63, 3.8) is 0 Å². The minimum absolute atomic E-state index is 0.0406. The van der Waals surface area contributed by atoms with E-state index in [4.69, 9.17) is 0 Å². The molecule has 7 nitrogen and oxygen atoms in total. The van der Waals surface area contributed by atoms with Crippen LogP contribution in [0.25, 0.3) is 0 Å².